The average molecular weight is 462 g/mol. The zero-order valence-electron chi connectivity index (χ0n) is 17.8. The number of rotatable bonds is 4. The third kappa shape index (κ3) is 4.22. The van der Waals surface area contributed by atoms with Gasteiger partial charge in [0.1, 0.15) is 11.4 Å². The van der Waals surface area contributed by atoms with Crippen molar-refractivity contribution in [2.45, 2.75) is 56.5 Å². The van der Waals surface area contributed by atoms with Crippen LogP contribution in [-0.2, 0) is 6.18 Å². The summed E-state index contributed by atoms with van der Waals surface area (Å²) >= 11 is 0. The van der Waals surface area contributed by atoms with Gasteiger partial charge in [-0.3, -0.25) is 4.90 Å². The minimum atomic E-state index is -4.55. The molecule has 0 unspecified atom stereocenters. The van der Waals surface area contributed by atoms with Crippen molar-refractivity contribution in [3.63, 3.8) is 0 Å². The van der Waals surface area contributed by atoms with Gasteiger partial charge in [-0.1, -0.05) is 0 Å². The summed E-state index contributed by atoms with van der Waals surface area (Å²) in [5.74, 6) is -0.107. The molecular weight excluding hydrogens is 437 g/mol. The van der Waals surface area contributed by atoms with Crippen molar-refractivity contribution in [3.8, 4) is 17.0 Å². The Kier molecular flexibility index (Phi) is 5.61. The first kappa shape index (κ1) is 21.9. The van der Waals surface area contributed by atoms with E-state index in [1.54, 1.807) is 16.8 Å². The fourth-order valence-corrected chi connectivity index (χ4v) is 4.99. The van der Waals surface area contributed by atoms with Crippen molar-refractivity contribution < 1.29 is 23.4 Å². The molecule has 0 spiro atoms. The molecule has 2 aromatic heterocycles. The van der Waals surface area contributed by atoms with Gasteiger partial charge < -0.3 is 15.5 Å². The highest BCUT2D eigenvalue weighted by Gasteiger charge is 2.34. The number of fused-ring (bicyclic) bond motifs is 1. The Morgan fingerprint density at radius 1 is 1.06 bits per heavy atom. The van der Waals surface area contributed by atoms with Gasteiger partial charge in [0.05, 0.1) is 23.4 Å². The number of aromatic nitrogens is 4. The number of phenolic OH excluding ortho intramolecular Hbond substituents is 1. The molecule has 5 rings (SSSR count). The zero-order chi connectivity index (χ0) is 23.2. The summed E-state index contributed by atoms with van der Waals surface area (Å²) in [6.07, 6.45) is 1.54. The fraction of sp³-hybridized carbons (Fsp3) is 0.500. The van der Waals surface area contributed by atoms with Gasteiger partial charge in [0.2, 0.25) is 5.95 Å². The van der Waals surface area contributed by atoms with Crippen molar-refractivity contribution in [2.75, 3.05) is 18.4 Å². The number of phenols is 1. The van der Waals surface area contributed by atoms with E-state index in [0.717, 1.165) is 51.3 Å². The topological polar surface area (TPSA) is 98.8 Å². The number of hydrogen-bond donors (Lipinski definition) is 3. The molecule has 0 bridgehead atoms. The Labute approximate surface area is 188 Å². The predicted octanol–water partition coefficient (Wildman–Crippen LogP) is 3.31. The summed E-state index contributed by atoms with van der Waals surface area (Å²) in [5, 5.41) is 36.7. The maximum absolute atomic E-state index is 12.9. The van der Waals surface area contributed by atoms with Crippen LogP contribution in [0.4, 0.5) is 19.1 Å². The Morgan fingerprint density at radius 3 is 2.64 bits per heavy atom. The minimum absolute atomic E-state index is 0.0959. The summed E-state index contributed by atoms with van der Waals surface area (Å²) in [6.45, 7) is 1.72. The first-order valence-corrected chi connectivity index (χ1v) is 11.1. The van der Waals surface area contributed by atoms with Crippen LogP contribution in [-0.4, -0.2) is 66.2 Å². The molecular formula is C22H25F3N6O2. The highest BCUT2D eigenvalue weighted by Crippen LogP contribution is 2.37. The number of aliphatic hydroxyl groups is 1. The molecule has 11 heteroatoms. The molecule has 1 aliphatic heterocycles. The largest absolute Gasteiger partial charge is 0.507 e. The van der Waals surface area contributed by atoms with Crippen molar-refractivity contribution in [1.82, 2.24) is 24.7 Å². The van der Waals surface area contributed by atoms with Gasteiger partial charge in [-0.15, -0.1) is 10.2 Å². The van der Waals surface area contributed by atoms with Crippen LogP contribution in [0.15, 0.2) is 30.5 Å². The van der Waals surface area contributed by atoms with Crippen LogP contribution in [0, 0.1) is 0 Å². The number of aromatic hydroxyl groups is 1. The smallest absolute Gasteiger partial charge is 0.416 e. The second-order valence-electron chi connectivity index (χ2n) is 8.77. The lowest BCUT2D eigenvalue weighted by atomic mass is 10.0. The van der Waals surface area contributed by atoms with E-state index < -0.39 is 17.5 Å². The van der Waals surface area contributed by atoms with Crippen LogP contribution in [0.3, 0.4) is 0 Å². The molecule has 0 amide bonds. The first-order valence-electron chi connectivity index (χ1n) is 11.1. The molecule has 1 aliphatic carbocycles. The molecule has 8 nitrogen and oxygen atoms in total. The van der Waals surface area contributed by atoms with E-state index in [4.69, 9.17) is 0 Å². The fourth-order valence-electron chi connectivity index (χ4n) is 4.99. The van der Waals surface area contributed by atoms with Crippen LogP contribution in [0.2, 0.25) is 0 Å². The monoisotopic (exact) mass is 462 g/mol. The van der Waals surface area contributed by atoms with E-state index in [0.29, 0.717) is 17.5 Å². The van der Waals surface area contributed by atoms with Crippen molar-refractivity contribution in [2.24, 2.45) is 0 Å². The van der Waals surface area contributed by atoms with Gasteiger partial charge in [-0.25, -0.2) is 0 Å². The molecule has 3 N–H and O–H groups in total. The molecule has 176 valence electrons. The SMILES string of the molecule is Oc1cc(C(F)(F)F)ccc1-c1nnc(N[C@@H]2CCCN([C@@H]3CCC[C@H]3O)C2)n2nccc12. The van der Waals surface area contributed by atoms with Gasteiger partial charge in [0, 0.05) is 24.2 Å². The van der Waals surface area contributed by atoms with Crippen molar-refractivity contribution in [1.29, 1.82) is 0 Å². The maximum Gasteiger partial charge on any atom is 0.416 e. The zero-order valence-corrected chi connectivity index (χ0v) is 17.8. The average Bonchev–Trinajstić information content (AvgIpc) is 3.43. The van der Waals surface area contributed by atoms with Crippen LogP contribution in [0.1, 0.15) is 37.7 Å². The van der Waals surface area contributed by atoms with E-state index in [2.05, 4.69) is 25.5 Å². The van der Waals surface area contributed by atoms with Crippen molar-refractivity contribution in [3.05, 3.63) is 36.0 Å². The van der Waals surface area contributed by atoms with Crippen LogP contribution in [0.5, 0.6) is 5.75 Å². The summed E-state index contributed by atoms with van der Waals surface area (Å²) < 4.78 is 40.4. The number of benzene rings is 1. The number of alkyl halides is 3. The van der Waals surface area contributed by atoms with Gasteiger partial charge in [-0.05, 0) is 62.9 Å². The third-order valence-electron chi connectivity index (χ3n) is 6.61. The quantitative estimate of drug-likeness (QED) is 0.547. The number of nitrogens with one attached hydrogen (secondary N) is 1. The molecule has 0 radical (unpaired) electrons. The number of halogens is 3. The highest BCUT2D eigenvalue weighted by molar-refractivity contribution is 5.80. The summed E-state index contributed by atoms with van der Waals surface area (Å²) in [5.41, 5.74) is -0.0366. The van der Waals surface area contributed by atoms with Crippen LogP contribution in [0.25, 0.3) is 16.8 Å². The molecule has 1 saturated carbocycles. The van der Waals surface area contributed by atoms with E-state index in [9.17, 15) is 23.4 Å². The Hall–Kier alpha value is -2.92. The van der Waals surface area contributed by atoms with Gasteiger partial charge in [0.25, 0.3) is 0 Å². The number of piperidine rings is 1. The number of likely N-dealkylation sites (tertiary alicyclic amines) is 1. The second kappa shape index (κ2) is 8.45. The maximum atomic E-state index is 12.9. The molecule has 3 atom stereocenters. The first-order chi connectivity index (χ1) is 15.8. The number of anilines is 1. The summed E-state index contributed by atoms with van der Waals surface area (Å²) in [6, 6.07) is 4.74. The Bertz CT molecular complexity index is 1150. The second-order valence-corrected chi connectivity index (χ2v) is 8.77. The van der Waals surface area contributed by atoms with E-state index in [1.807, 2.05) is 0 Å². The Balaban J connectivity index is 1.40. The van der Waals surface area contributed by atoms with Gasteiger partial charge in [-0.2, -0.15) is 22.8 Å². The summed E-state index contributed by atoms with van der Waals surface area (Å²) in [7, 11) is 0. The molecule has 3 heterocycles. The van der Waals surface area contributed by atoms with Crippen molar-refractivity contribution >= 4 is 11.5 Å². The van der Waals surface area contributed by atoms with E-state index >= 15 is 0 Å². The van der Waals surface area contributed by atoms with Gasteiger partial charge in [0.15, 0.2) is 0 Å². The normalized spacial score (nSPS) is 24.4. The number of hydrogen-bond acceptors (Lipinski definition) is 7. The number of nitrogens with zero attached hydrogens (tertiary/aromatic N) is 5. The molecule has 2 aliphatic rings. The lowest BCUT2D eigenvalue weighted by molar-refractivity contribution is -0.137. The lowest BCUT2D eigenvalue weighted by Gasteiger charge is -2.38. The molecule has 1 aromatic carbocycles. The molecule has 2 fully saturated rings. The molecule has 3 aromatic rings. The molecule has 1 saturated heterocycles. The Morgan fingerprint density at radius 2 is 1.91 bits per heavy atom. The number of aliphatic hydroxyl groups excluding tert-OH is 1. The van der Waals surface area contributed by atoms with Crippen LogP contribution < -0.4 is 5.32 Å². The third-order valence-corrected chi connectivity index (χ3v) is 6.61. The molecule has 33 heavy (non-hydrogen) atoms. The summed E-state index contributed by atoms with van der Waals surface area (Å²) in [4.78, 5) is 2.33. The predicted molar refractivity (Wildman–Crippen MR) is 115 cm³/mol. The van der Waals surface area contributed by atoms with Crippen LogP contribution >= 0.6 is 0 Å². The standard InChI is InChI=1S/C22H25F3N6O2/c23-22(24,25)13-6-7-15(19(33)11-13)20-17-8-9-26-31(17)21(29-28-20)27-14-3-2-10-30(12-14)16-4-1-5-18(16)32/h6-9,11,14,16,18,32-33H,1-5,10,12H2,(H,27,29)/t14-,16-,18-/m1/s1. The van der Waals surface area contributed by atoms with E-state index in [1.165, 1.54) is 6.07 Å². The minimum Gasteiger partial charge on any atom is -0.507 e. The highest BCUT2D eigenvalue weighted by atomic mass is 19.4. The van der Waals surface area contributed by atoms with E-state index in [-0.39, 0.29) is 29.4 Å². The lowest BCUT2D eigenvalue weighted by Crippen LogP contribution is -2.49. The van der Waals surface area contributed by atoms with Gasteiger partial charge >= 0.3 is 6.18 Å².